The molecule has 0 radical (unpaired) electrons. The van der Waals surface area contributed by atoms with Gasteiger partial charge in [0, 0.05) is 17.4 Å². The first kappa shape index (κ1) is 15.6. The summed E-state index contributed by atoms with van der Waals surface area (Å²) in [4.78, 5) is 12.4. The van der Waals surface area contributed by atoms with E-state index in [4.69, 9.17) is 11.6 Å². The van der Waals surface area contributed by atoms with Gasteiger partial charge in [-0.3, -0.25) is 4.79 Å². The molecule has 1 aromatic rings. The first-order chi connectivity index (χ1) is 9.69. The summed E-state index contributed by atoms with van der Waals surface area (Å²) in [6.07, 6.45) is 9.19. The molecule has 110 valence electrons. The molecule has 0 atom stereocenters. The first-order valence-corrected chi connectivity index (χ1v) is 8.34. The van der Waals surface area contributed by atoms with Crippen molar-refractivity contribution in [3.63, 3.8) is 0 Å². The normalized spacial score (nSPS) is 22.7. The maximum Gasteiger partial charge on any atom is 0.140 e. The van der Waals surface area contributed by atoms with Crippen LogP contribution in [0, 0.1) is 11.8 Å². The van der Waals surface area contributed by atoms with Crippen molar-refractivity contribution in [3.05, 3.63) is 34.9 Å². The van der Waals surface area contributed by atoms with E-state index >= 15 is 0 Å². The number of unbranched alkanes of at least 4 members (excludes halogenated alkanes) is 1. The van der Waals surface area contributed by atoms with Gasteiger partial charge in [-0.25, -0.2) is 0 Å². The van der Waals surface area contributed by atoms with Gasteiger partial charge in [-0.1, -0.05) is 49.9 Å². The smallest absolute Gasteiger partial charge is 0.140 e. The quantitative estimate of drug-likeness (QED) is 0.681. The zero-order valence-corrected chi connectivity index (χ0v) is 13.2. The summed E-state index contributed by atoms with van der Waals surface area (Å²) in [5, 5.41) is 0.721. The summed E-state index contributed by atoms with van der Waals surface area (Å²) >= 11 is 5.97. The van der Waals surface area contributed by atoms with Gasteiger partial charge in [-0.2, -0.15) is 0 Å². The Morgan fingerprint density at radius 3 is 2.65 bits per heavy atom. The van der Waals surface area contributed by atoms with Crippen LogP contribution < -0.4 is 0 Å². The maximum absolute atomic E-state index is 12.4. The van der Waals surface area contributed by atoms with Gasteiger partial charge < -0.3 is 0 Å². The third-order valence-electron chi connectivity index (χ3n) is 4.54. The molecular weight excluding hydrogens is 268 g/mol. The molecule has 20 heavy (non-hydrogen) atoms. The van der Waals surface area contributed by atoms with Crippen LogP contribution in [0.25, 0.3) is 0 Å². The molecule has 1 saturated carbocycles. The van der Waals surface area contributed by atoms with E-state index in [1.54, 1.807) is 0 Å². The number of Topliss-reactive ketones (excluding diaryl/α,β-unsaturated/α-hetero) is 1. The number of ketones is 1. The van der Waals surface area contributed by atoms with Gasteiger partial charge in [0.25, 0.3) is 0 Å². The van der Waals surface area contributed by atoms with Gasteiger partial charge >= 0.3 is 0 Å². The summed E-state index contributed by atoms with van der Waals surface area (Å²) in [5.74, 6) is 1.55. The SMILES string of the molecule is CCCCC1CCC(C(=O)Cc2cccc(Cl)c2)CC1. The monoisotopic (exact) mass is 292 g/mol. The van der Waals surface area contributed by atoms with Crippen molar-refractivity contribution in [2.75, 3.05) is 0 Å². The van der Waals surface area contributed by atoms with E-state index < -0.39 is 0 Å². The highest BCUT2D eigenvalue weighted by Gasteiger charge is 2.25. The minimum Gasteiger partial charge on any atom is -0.299 e. The topological polar surface area (TPSA) is 17.1 Å². The lowest BCUT2D eigenvalue weighted by molar-refractivity contribution is -0.123. The van der Waals surface area contributed by atoms with E-state index in [1.807, 2.05) is 24.3 Å². The Bertz CT molecular complexity index is 433. The van der Waals surface area contributed by atoms with Crippen LogP contribution in [0.2, 0.25) is 5.02 Å². The minimum atomic E-state index is 0.284. The van der Waals surface area contributed by atoms with Crippen LogP contribution >= 0.6 is 11.6 Å². The van der Waals surface area contributed by atoms with Crippen LogP contribution in [0.1, 0.15) is 57.4 Å². The van der Waals surface area contributed by atoms with E-state index in [2.05, 4.69) is 6.92 Å². The van der Waals surface area contributed by atoms with Crippen molar-refractivity contribution >= 4 is 17.4 Å². The largest absolute Gasteiger partial charge is 0.299 e. The third-order valence-corrected chi connectivity index (χ3v) is 4.77. The molecule has 0 amide bonds. The van der Waals surface area contributed by atoms with Gasteiger partial charge in [-0.15, -0.1) is 0 Å². The molecule has 0 unspecified atom stereocenters. The first-order valence-electron chi connectivity index (χ1n) is 7.96. The van der Waals surface area contributed by atoms with Gasteiger partial charge in [-0.05, 0) is 49.3 Å². The van der Waals surface area contributed by atoms with Crippen molar-refractivity contribution in [3.8, 4) is 0 Å². The van der Waals surface area contributed by atoms with Gasteiger partial charge in [0.15, 0.2) is 0 Å². The zero-order valence-electron chi connectivity index (χ0n) is 12.4. The predicted octanol–water partition coefficient (Wildman–Crippen LogP) is 5.45. The minimum absolute atomic E-state index is 0.284. The summed E-state index contributed by atoms with van der Waals surface area (Å²) < 4.78 is 0. The fraction of sp³-hybridized carbons (Fsp3) is 0.611. The zero-order chi connectivity index (χ0) is 14.4. The van der Waals surface area contributed by atoms with E-state index in [1.165, 1.54) is 32.1 Å². The Balaban J connectivity index is 1.80. The van der Waals surface area contributed by atoms with E-state index in [0.29, 0.717) is 12.2 Å². The van der Waals surface area contributed by atoms with E-state index in [-0.39, 0.29) is 5.92 Å². The lowest BCUT2D eigenvalue weighted by Gasteiger charge is -2.27. The molecule has 1 nitrogen and oxygen atoms in total. The molecule has 0 aliphatic heterocycles. The molecule has 0 spiro atoms. The van der Waals surface area contributed by atoms with Crippen molar-refractivity contribution in [1.82, 2.24) is 0 Å². The Morgan fingerprint density at radius 2 is 2.00 bits per heavy atom. The Morgan fingerprint density at radius 1 is 1.25 bits per heavy atom. The highest BCUT2D eigenvalue weighted by molar-refractivity contribution is 6.30. The van der Waals surface area contributed by atoms with Gasteiger partial charge in [0.05, 0.1) is 0 Å². The average Bonchev–Trinajstić information content (AvgIpc) is 2.45. The Labute approximate surface area is 127 Å². The fourth-order valence-corrected chi connectivity index (χ4v) is 3.47. The second kappa shape index (κ2) is 7.83. The molecule has 0 saturated heterocycles. The molecule has 2 rings (SSSR count). The highest BCUT2D eigenvalue weighted by atomic mass is 35.5. The maximum atomic E-state index is 12.4. The summed E-state index contributed by atoms with van der Waals surface area (Å²) in [6.45, 7) is 2.25. The molecule has 1 aliphatic carbocycles. The number of hydrogen-bond acceptors (Lipinski definition) is 1. The molecule has 0 heterocycles. The molecular formula is C18H25ClO. The van der Waals surface area contributed by atoms with Crippen molar-refractivity contribution in [2.45, 2.75) is 58.3 Å². The summed E-state index contributed by atoms with van der Waals surface area (Å²) in [5.41, 5.74) is 1.05. The molecule has 1 fully saturated rings. The van der Waals surface area contributed by atoms with Crippen LogP contribution in [0.15, 0.2) is 24.3 Å². The Kier molecular flexibility index (Phi) is 6.09. The van der Waals surface area contributed by atoms with Crippen LogP contribution in [0.3, 0.4) is 0 Å². The number of rotatable bonds is 6. The van der Waals surface area contributed by atoms with Crippen molar-refractivity contribution in [2.24, 2.45) is 11.8 Å². The molecule has 1 aromatic carbocycles. The van der Waals surface area contributed by atoms with Gasteiger partial charge in [0.1, 0.15) is 5.78 Å². The van der Waals surface area contributed by atoms with E-state index in [9.17, 15) is 4.79 Å². The molecule has 1 aliphatic rings. The number of benzene rings is 1. The molecule has 0 aromatic heterocycles. The van der Waals surface area contributed by atoms with Crippen molar-refractivity contribution < 1.29 is 4.79 Å². The fourth-order valence-electron chi connectivity index (χ4n) is 3.26. The van der Waals surface area contributed by atoms with Crippen LogP contribution in [-0.2, 0) is 11.2 Å². The van der Waals surface area contributed by atoms with Crippen molar-refractivity contribution in [1.29, 1.82) is 0 Å². The average molecular weight is 293 g/mol. The number of carbonyl (C=O) groups is 1. The molecule has 0 N–H and O–H groups in total. The number of carbonyl (C=O) groups excluding carboxylic acids is 1. The molecule has 2 heteroatoms. The predicted molar refractivity (Wildman–Crippen MR) is 85.1 cm³/mol. The van der Waals surface area contributed by atoms with Crippen LogP contribution in [0.5, 0.6) is 0 Å². The lowest BCUT2D eigenvalue weighted by atomic mass is 9.77. The van der Waals surface area contributed by atoms with Crippen LogP contribution in [0.4, 0.5) is 0 Å². The lowest BCUT2D eigenvalue weighted by Crippen LogP contribution is -2.23. The third kappa shape index (κ3) is 4.63. The molecule has 0 bridgehead atoms. The highest BCUT2D eigenvalue weighted by Crippen LogP contribution is 2.33. The number of hydrogen-bond donors (Lipinski definition) is 0. The number of halogens is 1. The summed E-state index contributed by atoms with van der Waals surface area (Å²) in [6, 6.07) is 7.68. The van der Waals surface area contributed by atoms with Gasteiger partial charge in [0.2, 0.25) is 0 Å². The second-order valence-electron chi connectivity index (χ2n) is 6.13. The Hall–Kier alpha value is -0.820. The second-order valence-corrected chi connectivity index (χ2v) is 6.57. The standard InChI is InChI=1S/C18H25ClO/c1-2-3-5-14-8-10-16(11-9-14)18(20)13-15-6-4-7-17(19)12-15/h4,6-7,12,14,16H,2-3,5,8-11,13H2,1H3. The van der Waals surface area contributed by atoms with E-state index in [0.717, 1.165) is 29.3 Å². The van der Waals surface area contributed by atoms with Crippen LogP contribution in [-0.4, -0.2) is 5.78 Å². The summed E-state index contributed by atoms with van der Waals surface area (Å²) in [7, 11) is 0.